The van der Waals surface area contributed by atoms with Crippen LogP contribution < -0.4 is 0 Å². The van der Waals surface area contributed by atoms with Gasteiger partial charge >= 0.3 is 5.97 Å². The molecule has 22 heavy (non-hydrogen) atoms. The second-order valence-corrected chi connectivity index (χ2v) is 7.12. The fraction of sp³-hybridized carbons (Fsp3) is 0.286. The number of imidazole rings is 1. The molecule has 2 rings (SSSR count). The van der Waals surface area contributed by atoms with Gasteiger partial charge in [-0.3, -0.25) is 0 Å². The lowest BCUT2D eigenvalue weighted by atomic mass is 10.2. The summed E-state index contributed by atoms with van der Waals surface area (Å²) < 4.78 is 26.3. The number of hydrogen-bond acceptors (Lipinski definition) is 4. The second-order valence-electron chi connectivity index (χ2n) is 4.75. The summed E-state index contributed by atoms with van der Waals surface area (Å²) in [5.74, 6) is -1.01. The molecule has 1 aromatic heterocycles. The van der Waals surface area contributed by atoms with E-state index in [0.29, 0.717) is 11.4 Å². The molecule has 1 heterocycles. The molecule has 118 valence electrons. The van der Waals surface area contributed by atoms with E-state index in [4.69, 9.17) is 0 Å². The lowest BCUT2D eigenvalue weighted by Gasteiger charge is -2.14. The van der Waals surface area contributed by atoms with Crippen LogP contribution in [-0.4, -0.2) is 46.2 Å². The first-order valence-corrected chi connectivity index (χ1v) is 8.25. The third-order valence-electron chi connectivity index (χ3n) is 3.27. The van der Waals surface area contributed by atoms with Gasteiger partial charge in [-0.05, 0) is 19.1 Å². The van der Waals surface area contributed by atoms with Gasteiger partial charge in [0.15, 0.2) is 0 Å². The number of nitrogens with zero attached hydrogens (tertiary/aromatic N) is 3. The highest BCUT2D eigenvalue weighted by Gasteiger charge is 2.17. The van der Waals surface area contributed by atoms with Crippen LogP contribution in [0.3, 0.4) is 0 Å². The number of carboxylic acids is 1. The summed E-state index contributed by atoms with van der Waals surface area (Å²) in [5.41, 5.74) is 1.18. The van der Waals surface area contributed by atoms with Crippen LogP contribution in [0, 0.1) is 0 Å². The molecule has 0 radical (unpaired) electrons. The average Bonchev–Trinajstić information content (AvgIpc) is 2.95. The van der Waals surface area contributed by atoms with E-state index in [1.54, 1.807) is 35.9 Å². The molecule has 1 N–H and O–H groups in total. The molecule has 1 aromatic carbocycles. The van der Waals surface area contributed by atoms with Crippen LogP contribution in [-0.2, 0) is 16.6 Å². The van der Waals surface area contributed by atoms with Crippen molar-refractivity contribution < 1.29 is 18.3 Å². The fourth-order valence-electron chi connectivity index (χ4n) is 2.00. The second kappa shape index (κ2) is 6.29. The Labute approximate surface area is 128 Å². The zero-order chi connectivity index (χ0) is 16.3. The van der Waals surface area contributed by atoms with E-state index in [9.17, 15) is 18.3 Å². The monoisotopic (exact) mass is 323 g/mol. The maximum atomic E-state index is 11.7. The first-order chi connectivity index (χ1) is 10.3. The van der Waals surface area contributed by atoms with Crippen LogP contribution in [0.15, 0.2) is 36.8 Å². The van der Waals surface area contributed by atoms with Gasteiger partial charge in [0.25, 0.3) is 0 Å². The molecule has 0 unspecified atom stereocenters. The Morgan fingerprint density at radius 1 is 1.36 bits per heavy atom. The molecule has 2 aromatic rings. The molecule has 0 aliphatic rings. The van der Waals surface area contributed by atoms with Crippen LogP contribution in [0.5, 0.6) is 0 Å². The first-order valence-electron chi connectivity index (χ1n) is 6.64. The van der Waals surface area contributed by atoms with Crippen molar-refractivity contribution in [3.63, 3.8) is 0 Å². The Kier molecular flexibility index (Phi) is 4.62. The zero-order valence-electron chi connectivity index (χ0n) is 12.3. The number of sulfonamides is 1. The van der Waals surface area contributed by atoms with E-state index in [0.717, 1.165) is 0 Å². The highest BCUT2D eigenvalue weighted by molar-refractivity contribution is 7.89. The fourth-order valence-corrected chi connectivity index (χ4v) is 2.77. The number of rotatable bonds is 6. The van der Waals surface area contributed by atoms with Crippen LogP contribution >= 0.6 is 0 Å². The zero-order valence-corrected chi connectivity index (χ0v) is 13.1. The quantitative estimate of drug-likeness (QED) is 0.866. The summed E-state index contributed by atoms with van der Waals surface area (Å²) in [6, 6.07) is 6.55. The van der Waals surface area contributed by atoms with E-state index < -0.39 is 16.0 Å². The molecule has 0 aliphatic heterocycles. The standard InChI is InChI=1S/C14H17N3O4S/c1-3-22(20,21)16(2)8-11-9-17(10-15-11)13-7-5-4-6-12(13)14(18)19/h4-7,9-10H,3,8H2,1-2H3,(H,18,19). The number of hydrogen-bond donors (Lipinski definition) is 1. The van der Waals surface area contributed by atoms with E-state index in [2.05, 4.69) is 4.98 Å². The maximum Gasteiger partial charge on any atom is 0.337 e. The maximum absolute atomic E-state index is 11.7. The van der Waals surface area contributed by atoms with Crippen molar-refractivity contribution in [3.05, 3.63) is 48.0 Å². The Morgan fingerprint density at radius 3 is 2.68 bits per heavy atom. The van der Waals surface area contributed by atoms with Gasteiger partial charge in [0.1, 0.15) is 0 Å². The normalized spacial score (nSPS) is 11.8. The highest BCUT2D eigenvalue weighted by atomic mass is 32.2. The summed E-state index contributed by atoms with van der Waals surface area (Å²) in [5, 5.41) is 9.20. The van der Waals surface area contributed by atoms with Crippen molar-refractivity contribution in [2.24, 2.45) is 0 Å². The van der Waals surface area contributed by atoms with Crippen molar-refractivity contribution in [1.82, 2.24) is 13.9 Å². The van der Waals surface area contributed by atoms with Gasteiger partial charge in [0.05, 0.1) is 35.6 Å². The van der Waals surface area contributed by atoms with Crippen molar-refractivity contribution in [2.75, 3.05) is 12.8 Å². The molecular weight excluding hydrogens is 306 g/mol. The van der Waals surface area contributed by atoms with Gasteiger partial charge in [-0.1, -0.05) is 12.1 Å². The molecule has 0 saturated carbocycles. The van der Waals surface area contributed by atoms with Crippen LogP contribution in [0.25, 0.3) is 5.69 Å². The summed E-state index contributed by atoms with van der Waals surface area (Å²) >= 11 is 0. The molecule has 7 nitrogen and oxygen atoms in total. The minimum Gasteiger partial charge on any atom is -0.478 e. The van der Waals surface area contributed by atoms with Gasteiger partial charge in [0.2, 0.25) is 10.0 Å². The van der Waals surface area contributed by atoms with Crippen molar-refractivity contribution in [1.29, 1.82) is 0 Å². The summed E-state index contributed by atoms with van der Waals surface area (Å²) in [7, 11) is -1.79. The summed E-state index contributed by atoms with van der Waals surface area (Å²) in [6.07, 6.45) is 3.10. The van der Waals surface area contributed by atoms with Crippen LogP contribution in [0.4, 0.5) is 0 Å². The molecule has 0 amide bonds. The minimum atomic E-state index is -3.28. The molecule has 0 atom stereocenters. The van der Waals surface area contributed by atoms with Gasteiger partial charge in [-0.2, -0.15) is 4.31 Å². The van der Waals surface area contributed by atoms with E-state index >= 15 is 0 Å². The molecule has 0 bridgehead atoms. The predicted octanol–water partition coefficient (Wildman–Crippen LogP) is 1.35. The van der Waals surface area contributed by atoms with E-state index in [1.165, 1.54) is 23.7 Å². The number of aromatic nitrogens is 2. The van der Waals surface area contributed by atoms with Crippen molar-refractivity contribution >= 4 is 16.0 Å². The smallest absolute Gasteiger partial charge is 0.337 e. The molecular formula is C14H17N3O4S. The van der Waals surface area contributed by atoms with E-state index in [1.807, 2.05) is 0 Å². The molecule has 0 saturated heterocycles. The Hall–Kier alpha value is -2.19. The average molecular weight is 323 g/mol. The molecule has 0 spiro atoms. The van der Waals surface area contributed by atoms with Crippen molar-refractivity contribution in [3.8, 4) is 5.69 Å². The largest absolute Gasteiger partial charge is 0.478 e. The van der Waals surface area contributed by atoms with E-state index in [-0.39, 0.29) is 17.9 Å². The molecule has 0 fully saturated rings. The number of carboxylic acid groups (broad SMARTS) is 1. The van der Waals surface area contributed by atoms with Crippen molar-refractivity contribution in [2.45, 2.75) is 13.5 Å². The van der Waals surface area contributed by atoms with Gasteiger partial charge < -0.3 is 9.67 Å². The predicted molar refractivity (Wildman–Crippen MR) is 81.5 cm³/mol. The number of para-hydroxylation sites is 1. The third-order valence-corrected chi connectivity index (χ3v) is 5.08. The summed E-state index contributed by atoms with van der Waals surface area (Å²) in [6.45, 7) is 1.71. The Bertz CT molecular complexity index is 783. The summed E-state index contributed by atoms with van der Waals surface area (Å²) in [4.78, 5) is 15.4. The number of carbonyl (C=O) groups is 1. The SMILES string of the molecule is CCS(=O)(=O)N(C)Cc1cn(-c2ccccc2C(=O)O)cn1. The van der Waals surface area contributed by atoms with Gasteiger partial charge in [-0.25, -0.2) is 18.2 Å². The van der Waals surface area contributed by atoms with Crippen LogP contribution in [0.1, 0.15) is 23.0 Å². The number of aromatic carboxylic acids is 1. The van der Waals surface area contributed by atoms with Crippen LogP contribution in [0.2, 0.25) is 0 Å². The Balaban J connectivity index is 2.28. The van der Waals surface area contributed by atoms with Gasteiger partial charge in [0, 0.05) is 13.2 Å². The minimum absolute atomic E-state index is 0.0199. The third kappa shape index (κ3) is 3.34. The lowest BCUT2D eigenvalue weighted by molar-refractivity contribution is 0.0697. The molecule has 0 aliphatic carbocycles. The lowest BCUT2D eigenvalue weighted by Crippen LogP contribution is -2.27. The number of benzene rings is 1. The first kappa shape index (κ1) is 16.2. The Morgan fingerprint density at radius 2 is 2.05 bits per heavy atom. The van der Waals surface area contributed by atoms with Gasteiger partial charge in [-0.15, -0.1) is 0 Å². The molecule has 8 heteroatoms. The topological polar surface area (TPSA) is 92.5 Å². The highest BCUT2D eigenvalue weighted by Crippen LogP contribution is 2.16.